The quantitative estimate of drug-likeness (QED) is 0.760. The van der Waals surface area contributed by atoms with Crippen molar-refractivity contribution in [2.45, 2.75) is 25.4 Å². The number of benzene rings is 2. The maximum Gasteiger partial charge on any atom is 0.307 e. The van der Waals surface area contributed by atoms with Crippen LogP contribution in [0, 0.1) is 6.92 Å². The van der Waals surface area contributed by atoms with E-state index < -0.39 is 0 Å². The van der Waals surface area contributed by atoms with Crippen molar-refractivity contribution in [2.24, 2.45) is 0 Å². The van der Waals surface area contributed by atoms with E-state index in [0.717, 1.165) is 5.56 Å². The second-order valence-electron chi connectivity index (χ2n) is 5.04. The summed E-state index contributed by atoms with van der Waals surface area (Å²) in [4.78, 5) is 11.7. The number of ether oxygens (including phenoxy) is 1. The summed E-state index contributed by atoms with van der Waals surface area (Å²) in [7, 11) is 0. The average Bonchev–Trinajstić information content (AvgIpc) is 2.83. The van der Waals surface area contributed by atoms with Crippen LogP contribution >= 0.6 is 0 Å². The third-order valence-corrected chi connectivity index (χ3v) is 3.64. The largest absolute Gasteiger partial charge is 0.457 e. The Balaban J connectivity index is 1.95. The molecular weight excluding hydrogens is 236 g/mol. The van der Waals surface area contributed by atoms with Crippen LogP contribution in [0.1, 0.15) is 35.1 Å². The Kier molecular flexibility index (Phi) is 3.08. The Morgan fingerprint density at radius 1 is 0.947 bits per heavy atom. The van der Waals surface area contributed by atoms with Gasteiger partial charge in [0.1, 0.15) is 6.10 Å². The SMILES string of the molecule is Cc1ccc(C2OC(=O)CC2c2ccccc2)cc1. The van der Waals surface area contributed by atoms with Crippen molar-refractivity contribution in [3.05, 3.63) is 71.3 Å². The van der Waals surface area contributed by atoms with Gasteiger partial charge < -0.3 is 4.74 Å². The van der Waals surface area contributed by atoms with E-state index in [4.69, 9.17) is 4.74 Å². The van der Waals surface area contributed by atoms with Gasteiger partial charge in [-0.3, -0.25) is 4.79 Å². The van der Waals surface area contributed by atoms with Gasteiger partial charge in [0, 0.05) is 5.92 Å². The summed E-state index contributed by atoms with van der Waals surface area (Å²) in [6.07, 6.45) is 0.304. The minimum atomic E-state index is -0.157. The molecule has 2 aromatic carbocycles. The zero-order valence-corrected chi connectivity index (χ0v) is 10.9. The highest BCUT2D eigenvalue weighted by atomic mass is 16.5. The molecule has 96 valence electrons. The summed E-state index contributed by atoms with van der Waals surface area (Å²) in [6.45, 7) is 2.05. The predicted octanol–water partition coefficient (Wildman–Crippen LogP) is 3.77. The van der Waals surface area contributed by atoms with E-state index in [1.54, 1.807) is 0 Å². The number of esters is 1. The van der Waals surface area contributed by atoms with Gasteiger partial charge in [-0.15, -0.1) is 0 Å². The van der Waals surface area contributed by atoms with Crippen molar-refractivity contribution in [1.82, 2.24) is 0 Å². The lowest BCUT2D eigenvalue weighted by atomic mass is 9.88. The lowest BCUT2D eigenvalue weighted by Crippen LogP contribution is -2.06. The fraction of sp³-hybridized carbons (Fsp3) is 0.235. The van der Waals surface area contributed by atoms with E-state index >= 15 is 0 Å². The van der Waals surface area contributed by atoms with Crippen LogP contribution in [-0.4, -0.2) is 5.97 Å². The number of aryl methyl sites for hydroxylation is 1. The number of carbonyl (C=O) groups excluding carboxylic acids is 1. The van der Waals surface area contributed by atoms with Gasteiger partial charge in [0.05, 0.1) is 6.42 Å². The maximum atomic E-state index is 11.7. The van der Waals surface area contributed by atoms with Crippen LogP contribution in [0.2, 0.25) is 0 Å². The lowest BCUT2D eigenvalue weighted by molar-refractivity contribution is -0.141. The molecule has 1 fully saturated rings. The van der Waals surface area contributed by atoms with Gasteiger partial charge in [-0.05, 0) is 18.1 Å². The highest BCUT2D eigenvalue weighted by Crippen LogP contribution is 2.42. The molecule has 2 heteroatoms. The fourth-order valence-corrected chi connectivity index (χ4v) is 2.61. The van der Waals surface area contributed by atoms with Gasteiger partial charge in [0.2, 0.25) is 0 Å². The summed E-state index contributed by atoms with van der Waals surface area (Å²) in [5.41, 5.74) is 3.45. The number of carbonyl (C=O) groups is 1. The average molecular weight is 252 g/mol. The zero-order chi connectivity index (χ0) is 13.2. The second-order valence-corrected chi connectivity index (χ2v) is 5.04. The lowest BCUT2D eigenvalue weighted by Gasteiger charge is -2.18. The third-order valence-electron chi connectivity index (χ3n) is 3.64. The maximum absolute atomic E-state index is 11.7. The van der Waals surface area contributed by atoms with Crippen LogP contribution in [0.15, 0.2) is 54.6 Å². The molecule has 2 unspecified atom stereocenters. The smallest absolute Gasteiger partial charge is 0.307 e. The molecule has 0 spiro atoms. The van der Waals surface area contributed by atoms with E-state index in [0.29, 0.717) is 6.42 Å². The normalized spacial score (nSPS) is 22.3. The molecule has 3 rings (SSSR count). The molecule has 1 heterocycles. The minimum absolute atomic E-state index is 0.112. The van der Waals surface area contributed by atoms with Crippen molar-refractivity contribution in [3.63, 3.8) is 0 Å². The molecule has 0 bridgehead atoms. The van der Waals surface area contributed by atoms with Gasteiger partial charge in [0.15, 0.2) is 0 Å². The monoisotopic (exact) mass is 252 g/mol. The van der Waals surface area contributed by atoms with Crippen molar-refractivity contribution in [3.8, 4) is 0 Å². The van der Waals surface area contributed by atoms with Crippen LogP contribution in [0.5, 0.6) is 0 Å². The molecule has 1 saturated heterocycles. The third kappa shape index (κ3) is 2.39. The standard InChI is InChI=1S/C17H16O2/c1-12-7-9-14(10-8-12)17-15(11-16(18)19-17)13-5-3-2-4-6-13/h2-10,15,17H,11H2,1H3. The molecule has 0 aromatic heterocycles. The summed E-state index contributed by atoms with van der Waals surface area (Å²) < 4.78 is 5.52. The van der Waals surface area contributed by atoms with Crippen molar-refractivity contribution in [1.29, 1.82) is 0 Å². The molecule has 2 atom stereocenters. The molecule has 1 aliphatic rings. The summed E-state index contributed by atoms with van der Waals surface area (Å²) in [5.74, 6) is 0.0100. The fourth-order valence-electron chi connectivity index (χ4n) is 2.61. The van der Waals surface area contributed by atoms with Crippen LogP contribution < -0.4 is 0 Å². The van der Waals surface area contributed by atoms with Crippen molar-refractivity contribution < 1.29 is 9.53 Å². The Hall–Kier alpha value is -2.09. The molecular formula is C17H16O2. The molecule has 1 aliphatic heterocycles. The van der Waals surface area contributed by atoms with E-state index in [1.165, 1.54) is 11.1 Å². The first-order chi connectivity index (χ1) is 9.24. The van der Waals surface area contributed by atoms with Gasteiger partial charge in [-0.25, -0.2) is 0 Å². The van der Waals surface area contributed by atoms with E-state index in [2.05, 4.69) is 43.3 Å². The van der Waals surface area contributed by atoms with Crippen LogP contribution in [0.3, 0.4) is 0 Å². The van der Waals surface area contributed by atoms with Crippen LogP contribution in [-0.2, 0) is 9.53 Å². The zero-order valence-electron chi connectivity index (χ0n) is 10.9. The number of hydrogen-bond donors (Lipinski definition) is 0. The predicted molar refractivity (Wildman–Crippen MR) is 73.8 cm³/mol. The first-order valence-corrected chi connectivity index (χ1v) is 6.55. The Morgan fingerprint density at radius 2 is 1.63 bits per heavy atom. The van der Waals surface area contributed by atoms with E-state index in [1.807, 2.05) is 18.2 Å². The number of rotatable bonds is 2. The topological polar surface area (TPSA) is 26.3 Å². The summed E-state index contributed by atoms with van der Waals surface area (Å²) >= 11 is 0. The Morgan fingerprint density at radius 3 is 2.32 bits per heavy atom. The highest BCUT2D eigenvalue weighted by molar-refractivity contribution is 5.74. The summed E-state index contributed by atoms with van der Waals surface area (Å²) in [5, 5.41) is 0. The molecule has 0 amide bonds. The molecule has 2 nitrogen and oxygen atoms in total. The molecule has 0 aliphatic carbocycles. The first-order valence-electron chi connectivity index (χ1n) is 6.55. The highest BCUT2D eigenvalue weighted by Gasteiger charge is 2.36. The van der Waals surface area contributed by atoms with Gasteiger partial charge in [-0.2, -0.15) is 0 Å². The Bertz CT molecular complexity index is 572. The van der Waals surface area contributed by atoms with Crippen molar-refractivity contribution in [2.75, 3.05) is 0 Å². The summed E-state index contributed by atoms with van der Waals surface area (Å²) in [6, 6.07) is 18.3. The molecule has 0 N–H and O–H groups in total. The molecule has 2 aromatic rings. The second kappa shape index (κ2) is 4.88. The minimum Gasteiger partial charge on any atom is -0.457 e. The Labute approximate surface area is 113 Å². The molecule has 0 radical (unpaired) electrons. The van der Waals surface area contributed by atoms with E-state index in [-0.39, 0.29) is 18.0 Å². The van der Waals surface area contributed by atoms with Crippen molar-refractivity contribution >= 4 is 5.97 Å². The van der Waals surface area contributed by atoms with Gasteiger partial charge >= 0.3 is 5.97 Å². The number of hydrogen-bond acceptors (Lipinski definition) is 2. The van der Waals surface area contributed by atoms with Gasteiger partial charge in [-0.1, -0.05) is 60.2 Å². The number of cyclic esters (lactones) is 1. The van der Waals surface area contributed by atoms with Gasteiger partial charge in [0.25, 0.3) is 0 Å². The van der Waals surface area contributed by atoms with Crippen LogP contribution in [0.25, 0.3) is 0 Å². The first kappa shape index (κ1) is 12.0. The molecule has 19 heavy (non-hydrogen) atoms. The van der Waals surface area contributed by atoms with Crippen LogP contribution in [0.4, 0.5) is 0 Å². The molecule has 0 saturated carbocycles. The van der Waals surface area contributed by atoms with E-state index in [9.17, 15) is 4.79 Å².